The van der Waals surface area contributed by atoms with Gasteiger partial charge in [0.15, 0.2) is 5.43 Å². The number of hydrogen-bond acceptors (Lipinski definition) is 6. The average Bonchev–Trinajstić information content (AvgIpc) is 3.06. The van der Waals surface area contributed by atoms with Crippen molar-refractivity contribution in [3.05, 3.63) is 46.2 Å². The number of H-pyrrole nitrogens is 1. The Morgan fingerprint density at radius 2 is 1.81 bits per heavy atom. The zero-order valence-corrected chi connectivity index (χ0v) is 17.9. The number of para-hydroxylation sites is 1. The van der Waals surface area contributed by atoms with Gasteiger partial charge in [0.25, 0.3) is 0 Å². The fourth-order valence-electron chi connectivity index (χ4n) is 5.45. The molecule has 4 heterocycles. The molecule has 7 nitrogen and oxygen atoms in total. The highest BCUT2D eigenvalue weighted by Crippen LogP contribution is 2.43. The number of aromatic amines is 1. The molecular formula is C24H31N3O4. The Morgan fingerprint density at radius 1 is 1.06 bits per heavy atom. The number of carbonyl (C=O) groups is 1. The quantitative estimate of drug-likeness (QED) is 0.728. The normalized spacial score (nSPS) is 25.3. The number of aromatic nitrogens is 1. The number of piperidine rings is 2. The molecule has 3 aliphatic rings. The standard InChI is InChI=1S/C24H31N3O4/c28-18-5-9-26(10-6-18)16-19-14-24(23(30)31-19)7-11-27(12-8-24)15-17-13-22(29)20-3-1-2-4-21(20)25-17/h1-4,13,18-19,28H,5-12,14-16H2,(H,25,29). The van der Waals surface area contributed by atoms with Crippen molar-refractivity contribution in [2.24, 2.45) is 5.41 Å². The van der Waals surface area contributed by atoms with E-state index in [2.05, 4.69) is 14.8 Å². The van der Waals surface area contributed by atoms with Crippen LogP contribution in [0.25, 0.3) is 10.9 Å². The monoisotopic (exact) mass is 425 g/mol. The zero-order chi connectivity index (χ0) is 21.4. The second kappa shape index (κ2) is 8.37. The third-order valence-corrected chi connectivity index (χ3v) is 7.34. The molecule has 0 radical (unpaired) electrons. The summed E-state index contributed by atoms with van der Waals surface area (Å²) in [6.07, 6.45) is 3.79. The number of rotatable bonds is 4. The lowest BCUT2D eigenvalue weighted by Crippen LogP contribution is -2.42. The smallest absolute Gasteiger partial charge is 0.312 e. The zero-order valence-electron chi connectivity index (χ0n) is 17.9. The minimum Gasteiger partial charge on any atom is -0.461 e. The van der Waals surface area contributed by atoms with Gasteiger partial charge in [-0.25, -0.2) is 0 Å². The molecule has 1 atom stereocenters. The molecule has 0 saturated carbocycles. The predicted octanol–water partition coefficient (Wildman–Crippen LogP) is 1.88. The molecule has 31 heavy (non-hydrogen) atoms. The van der Waals surface area contributed by atoms with Crippen LogP contribution < -0.4 is 5.43 Å². The second-order valence-corrected chi connectivity index (χ2v) is 9.52. The Bertz CT molecular complexity index is 1000. The minimum absolute atomic E-state index is 0.0340. The summed E-state index contributed by atoms with van der Waals surface area (Å²) in [5.74, 6) is -0.0340. The number of carbonyl (C=O) groups excluding carboxylic acids is 1. The summed E-state index contributed by atoms with van der Waals surface area (Å²) in [6.45, 7) is 4.87. The Hall–Kier alpha value is -2.22. The summed E-state index contributed by atoms with van der Waals surface area (Å²) in [6, 6.07) is 9.28. The molecule has 0 aliphatic carbocycles. The lowest BCUT2D eigenvalue weighted by atomic mass is 9.76. The van der Waals surface area contributed by atoms with Crippen LogP contribution in [0.3, 0.4) is 0 Å². The van der Waals surface area contributed by atoms with Gasteiger partial charge in [-0.3, -0.25) is 19.4 Å². The number of esters is 1. The Morgan fingerprint density at radius 3 is 2.58 bits per heavy atom. The summed E-state index contributed by atoms with van der Waals surface area (Å²) >= 11 is 0. The summed E-state index contributed by atoms with van der Waals surface area (Å²) < 4.78 is 5.79. The molecule has 1 aromatic heterocycles. The Kier molecular flexibility index (Phi) is 5.58. The van der Waals surface area contributed by atoms with Crippen LogP contribution in [0.5, 0.6) is 0 Å². The number of nitrogens with one attached hydrogen (secondary N) is 1. The molecule has 1 spiro atoms. The van der Waals surface area contributed by atoms with Crippen LogP contribution in [-0.2, 0) is 16.1 Å². The molecule has 5 rings (SSSR count). The molecule has 2 N–H and O–H groups in total. The van der Waals surface area contributed by atoms with E-state index in [0.29, 0.717) is 11.9 Å². The number of aliphatic hydroxyl groups excluding tert-OH is 1. The van der Waals surface area contributed by atoms with Crippen molar-refractivity contribution < 1.29 is 14.6 Å². The van der Waals surface area contributed by atoms with Crippen molar-refractivity contribution in [3.63, 3.8) is 0 Å². The third kappa shape index (κ3) is 4.27. The van der Waals surface area contributed by atoms with Gasteiger partial charge in [-0.1, -0.05) is 12.1 Å². The van der Waals surface area contributed by atoms with E-state index >= 15 is 0 Å². The molecule has 0 amide bonds. The summed E-state index contributed by atoms with van der Waals surface area (Å²) in [4.78, 5) is 33.2. The lowest BCUT2D eigenvalue weighted by Gasteiger charge is -2.36. The summed E-state index contributed by atoms with van der Waals surface area (Å²) in [7, 11) is 0. The first-order valence-electron chi connectivity index (χ1n) is 11.5. The maximum absolute atomic E-state index is 12.8. The molecule has 3 fully saturated rings. The van der Waals surface area contributed by atoms with E-state index in [1.165, 1.54) is 0 Å². The first-order chi connectivity index (χ1) is 15.0. The molecule has 7 heteroatoms. The van der Waals surface area contributed by atoms with E-state index in [0.717, 1.165) is 76.0 Å². The predicted molar refractivity (Wildman–Crippen MR) is 118 cm³/mol. The van der Waals surface area contributed by atoms with Crippen LogP contribution in [0.1, 0.15) is 37.8 Å². The number of aliphatic hydroxyl groups is 1. The van der Waals surface area contributed by atoms with Gasteiger partial charge in [-0.2, -0.15) is 0 Å². The third-order valence-electron chi connectivity index (χ3n) is 7.34. The van der Waals surface area contributed by atoms with Gasteiger partial charge in [0.2, 0.25) is 0 Å². The van der Waals surface area contributed by atoms with Crippen LogP contribution >= 0.6 is 0 Å². The molecule has 2 aromatic rings. The first-order valence-corrected chi connectivity index (χ1v) is 11.5. The SMILES string of the molecule is O=C1OC(CN2CCC(O)CC2)CC12CCN(Cc1cc(=O)c3ccccc3[nH]1)CC2. The number of benzene rings is 1. The van der Waals surface area contributed by atoms with Gasteiger partial charge in [-0.15, -0.1) is 0 Å². The number of cyclic esters (lactones) is 1. The van der Waals surface area contributed by atoms with Crippen molar-refractivity contribution in [2.75, 3.05) is 32.7 Å². The largest absolute Gasteiger partial charge is 0.461 e. The van der Waals surface area contributed by atoms with Gasteiger partial charge in [-0.05, 0) is 50.9 Å². The van der Waals surface area contributed by atoms with E-state index < -0.39 is 0 Å². The Balaban J connectivity index is 1.18. The Labute approximate surface area is 182 Å². The van der Waals surface area contributed by atoms with Gasteiger partial charge in [0.1, 0.15) is 6.10 Å². The van der Waals surface area contributed by atoms with E-state index in [4.69, 9.17) is 4.74 Å². The first kappa shape index (κ1) is 20.7. The molecule has 0 bridgehead atoms. The minimum atomic E-state index is -0.354. The fourth-order valence-corrected chi connectivity index (χ4v) is 5.45. The van der Waals surface area contributed by atoms with Gasteiger partial charge in [0.05, 0.1) is 11.5 Å². The number of hydrogen-bond donors (Lipinski definition) is 2. The van der Waals surface area contributed by atoms with E-state index in [-0.39, 0.29) is 29.0 Å². The molecule has 3 aliphatic heterocycles. The molecule has 1 aromatic carbocycles. The second-order valence-electron chi connectivity index (χ2n) is 9.52. The molecule has 1 unspecified atom stereocenters. The van der Waals surface area contributed by atoms with E-state index in [9.17, 15) is 14.7 Å². The van der Waals surface area contributed by atoms with Crippen LogP contribution in [0, 0.1) is 5.41 Å². The van der Waals surface area contributed by atoms with Crippen LogP contribution in [0.2, 0.25) is 0 Å². The van der Waals surface area contributed by atoms with Gasteiger partial charge >= 0.3 is 5.97 Å². The highest BCUT2D eigenvalue weighted by atomic mass is 16.6. The summed E-state index contributed by atoms with van der Waals surface area (Å²) in [5, 5.41) is 10.4. The van der Waals surface area contributed by atoms with Crippen molar-refractivity contribution in [2.45, 2.75) is 50.9 Å². The average molecular weight is 426 g/mol. The highest BCUT2D eigenvalue weighted by molar-refractivity contribution is 5.79. The molecule has 3 saturated heterocycles. The van der Waals surface area contributed by atoms with Crippen LogP contribution in [0.15, 0.2) is 35.1 Å². The number of nitrogens with zero attached hydrogens (tertiary/aromatic N) is 2. The topological polar surface area (TPSA) is 85.9 Å². The van der Waals surface area contributed by atoms with Crippen molar-refractivity contribution in [3.8, 4) is 0 Å². The summed E-state index contributed by atoms with van der Waals surface area (Å²) in [5.41, 5.74) is 1.47. The molecule has 166 valence electrons. The van der Waals surface area contributed by atoms with Crippen molar-refractivity contribution in [1.29, 1.82) is 0 Å². The van der Waals surface area contributed by atoms with E-state index in [1.807, 2.05) is 24.3 Å². The van der Waals surface area contributed by atoms with Crippen molar-refractivity contribution >= 4 is 16.9 Å². The van der Waals surface area contributed by atoms with Crippen LogP contribution in [-0.4, -0.2) is 70.8 Å². The van der Waals surface area contributed by atoms with Crippen LogP contribution in [0.4, 0.5) is 0 Å². The van der Waals surface area contributed by atoms with Crippen molar-refractivity contribution in [1.82, 2.24) is 14.8 Å². The maximum Gasteiger partial charge on any atom is 0.312 e. The highest BCUT2D eigenvalue weighted by Gasteiger charge is 2.50. The van der Waals surface area contributed by atoms with Gasteiger partial charge in [0, 0.05) is 55.3 Å². The maximum atomic E-state index is 12.8. The number of likely N-dealkylation sites (tertiary alicyclic amines) is 2. The molecular weight excluding hydrogens is 394 g/mol. The number of pyridine rings is 1. The van der Waals surface area contributed by atoms with Gasteiger partial charge < -0.3 is 14.8 Å². The fraction of sp³-hybridized carbons (Fsp3) is 0.583. The van der Waals surface area contributed by atoms with E-state index in [1.54, 1.807) is 6.07 Å². The number of ether oxygens (including phenoxy) is 1. The lowest BCUT2D eigenvalue weighted by molar-refractivity contribution is -0.151. The number of fused-ring (bicyclic) bond motifs is 1.